The van der Waals surface area contributed by atoms with Crippen LogP contribution < -0.4 is 10.1 Å². The van der Waals surface area contributed by atoms with Crippen LogP contribution in [0, 0.1) is 0 Å². The molecule has 1 N–H and O–H groups in total. The number of nitrogens with zero attached hydrogens (tertiary/aromatic N) is 1. The third-order valence-electron chi connectivity index (χ3n) is 3.31. The molecule has 1 aromatic heterocycles. The number of fused-ring (bicyclic) bond motifs is 1. The van der Waals surface area contributed by atoms with E-state index in [9.17, 15) is 0 Å². The van der Waals surface area contributed by atoms with Gasteiger partial charge in [0.05, 0.1) is 7.11 Å². The van der Waals surface area contributed by atoms with Crippen LogP contribution in [-0.4, -0.2) is 12.1 Å². The molecule has 3 aromatic rings. The molecule has 0 radical (unpaired) electrons. The van der Waals surface area contributed by atoms with Crippen LogP contribution >= 0.6 is 15.9 Å². The van der Waals surface area contributed by atoms with Crippen molar-refractivity contribution in [3.05, 3.63) is 64.9 Å². The molecule has 2 aromatic carbocycles. The van der Waals surface area contributed by atoms with Crippen LogP contribution in [0.15, 0.2) is 59.3 Å². The predicted molar refractivity (Wildman–Crippen MR) is 89.8 cm³/mol. The molecule has 4 heteroatoms. The number of nitrogens with one attached hydrogen (secondary N) is 1. The second-order valence-electron chi connectivity index (χ2n) is 4.79. The Labute approximate surface area is 132 Å². The van der Waals surface area contributed by atoms with Crippen molar-refractivity contribution in [3.63, 3.8) is 0 Å². The smallest absolute Gasteiger partial charge is 0.122 e. The van der Waals surface area contributed by atoms with E-state index < -0.39 is 0 Å². The largest absolute Gasteiger partial charge is 0.497 e. The zero-order valence-electron chi connectivity index (χ0n) is 11.6. The first-order valence-corrected chi connectivity index (χ1v) is 7.45. The number of aromatic nitrogens is 1. The fourth-order valence-electron chi connectivity index (χ4n) is 2.23. The van der Waals surface area contributed by atoms with Crippen molar-refractivity contribution in [1.29, 1.82) is 0 Å². The van der Waals surface area contributed by atoms with Gasteiger partial charge in [-0.3, -0.25) is 4.98 Å². The van der Waals surface area contributed by atoms with Crippen LogP contribution in [0.3, 0.4) is 0 Å². The Kier molecular flexibility index (Phi) is 4.06. The molecule has 0 amide bonds. The highest BCUT2D eigenvalue weighted by molar-refractivity contribution is 9.10. The van der Waals surface area contributed by atoms with Gasteiger partial charge in [-0.25, -0.2) is 0 Å². The van der Waals surface area contributed by atoms with Crippen molar-refractivity contribution in [2.75, 3.05) is 12.4 Å². The van der Waals surface area contributed by atoms with E-state index in [1.54, 1.807) is 7.11 Å². The van der Waals surface area contributed by atoms with Crippen LogP contribution in [0.1, 0.15) is 5.56 Å². The number of benzene rings is 2. The van der Waals surface area contributed by atoms with E-state index in [4.69, 9.17) is 4.74 Å². The second kappa shape index (κ2) is 6.14. The third-order valence-corrected chi connectivity index (χ3v) is 3.77. The van der Waals surface area contributed by atoms with Gasteiger partial charge >= 0.3 is 0 Å². The monoisotopic (exact) mass is 342 g/mol. The van der Waals surface area contributed by atoms with Gasteiger partial charge in [0.25, 0.3) is 0 Å². The van der Waals surface area contributed by atoms with Crippen molar-refractivity contribution in [1.82, 2.24) is 4.98 Å². The summed E-state index contributed by atoms with van der Waals surface area (Å²) in [4.78, 5) is 4.13. The van der Waals surface area contributed by atoms with E-state index in [1.165, 1.54) is 10.9 Å². The number of hydrogen-bond donors (Lipinski definition) is 1. The van der Waals surface area contributed by atoms with Crippen LogP contribution in [-0.2, 0) is 6.54 Å². The van der Waals surface area contributed by atoms with E-state index >= 15 is 0 Å². The number of methoxy groups -OCH3 is 1. The minimum Gasteiger partial charge on any atom is -0.497 e. The zero-order chi connectivity index (χ0) is 14.7. The maximum absolute atomic E-state index is 5.27. The maximum Gasteiger partial charge on any atom is 0.122 e. The van der Waals surface area contributed by atoms with Crippen LogP contribution in [0.5, 0.6) is 5.75 Å². The average molecular weight is 343 g/mol. The molecule has 0 aliphatic heterocycles. The molecule has 106 valence electrons. The Bertz CT molecular complexity index is 774. The summed E-state index contributed by atoms with van der Waals surface area (Å²) in [7, 11) is 1.67. The molecule has 1 heterocycles. The molecule has 0 bridgehead atoms. The van der Waals surface area contributed by atoms with Crippen LogP contribution in [0.4, 0.5) is 5.69 Å². The highest BCUT2D eigenvalue weighted by atomic mass is 79.9. The summed E-state index contributed by atoms with van der Waals surface area (Å²) in [5, 5.41) is 5.78. The van der Waals surface area contributed by atoms with Gasteiger partial charge in [-0.15, -0.1) is 0 Å². The molecule has 3 nitrogen and oxygen atoms in total. The third kappa shape index (κ3) is 3.34. The molecule has 0 spiro atoms. The first kappa shape index (κ1) is 13.9. The molecular weight excluding hydrogens is 328 g/mol. The van der Waals surface area contributed by atoms with Crippen molar-refractivity contribution < 1.29 is 4.74 Å². The summed E-state index contributed by atoms with van der Waals surface area (Å²) < 4.78 is 6.26. The van der Waals surface area contributed by atoms with E-state index in [1.807, 2.05) is 36.7 Å². The van der Waals surface area contributed by atoms with Gasteiger partial charge in [0.2, 0.25) is 0 Å². The van der Waals surface area contributed by atoms with Gasteiger partial charge in [0, 0.05) is 40.6 Å². The van der Waals surface area contributed by atoms with Crippen molar-refractivity contribution in [2.45, 2.75) is 6.54 Å². The van der Waals surface area contributed by atoms with Crippen molar-refractivity contribution in [3.8, 4) is 5.75 Å². The van der Waals surface area contributed by atoms with Gasteiger partial charge in [-0.1, -0.05) is 28.1 Å². The lowest BCUT2D eigenvalue weighted by molar-refractivity contribution is 0.414. The fourth-order valence-corrected chi connectivity index (χ4v) is 2.70. The summed E-state index contributed by atoms with van der Waals surface area (Å²) in [6.45, 7) is 0.762. The first-order chi connectivity index (χ1) is 10.2. The minimum atomic E-state index is 0.762. The van der Waals surface area contributed by atoms with E-state index in [0.717, 1.165) is 27.8 Å². The predicted octanol–water partition coefficient (Wildman–Crippen LogP) is 4.62. The Balaban J connectivity index is 1.78. The summed E-state index contributed by atoms with van der Waals surface area (Å²) in [6.07, 6.45) is 3.70. The highest BCUT2D eigenvalue weighted by Crippen LogP contribution is 2.25. The lowest BCUT2D eigenvalue weighted by atomic mass is 10.1. The number of ether oxygens (including phenoxy) is 1. The number of rotatable bonds is 4. The Morgan fingerprint density at radius 3 is 2.86 bits per heavy atom. The van der Waals surface area contributed by atoms with E-state index in [-0.39, 0.29) is 0 Å². The number of pyridine rings is 1. The van der Waals surface area contributed by atoms with Gasteiger partial charge in [-0.2, -0.15) is 0 Å². The average Bonchev–Trinajstić information content (AvgIpc) is 2.52. The number of anilines is 1. The van der Waals surface area contributed by atoms with Gasteiger partial charge in [0.15, 0.2) is 0 Å². The van der Waals surface area contributed by atoms with Gasteiger partial charge < -0.3 is 10.1 Å². The fraction of sp³-hybridized carbons (Fsp3) is 0.118. The lowest BCUT2D eigenvalue weighted by Gasteiger charge is -2.10. The minimum absolute atomic E-state index is 0.762. The second-order valence-corrected chi connectivity index (χ2v) is 5.71. The summed E-state index contributed by atoms with van der Waals surface area (Å²) in [6, 6.07) is 14.4. The topological polar surface area (TPSA) is 34.1 Å². The molecule has 0 aliphatic rings. The Hall–Kier alpha value is -2.07. The summed E-state index contributed by atoms with van der Waals surface area (Å²) in [5.41, 5.74) is 2.25. The maximum atomic E-state index is 5.27. The molecular formula is C17H15BrN2O. The molecule has 0 aliphatic carbocycles. The van der Waals surface area contributed by atoms with Gasteiger partial charge in [0.1, 0.15) is 5.75 Å². The quantitative estimate of drug-likeness (QED) is 0.751. The molecule has 0 atom stereocenters. The summed E-state index contributed by atoms with van der Waals surface area (Å²) >= 11 is 3.49. The van der Waals surface area contributed by atoms with Gasteiger partial charge in [-0.05, 0) is 35.2 Å². The standard InChI is InChI=1S/C17H15BrN2O/c1-21-17-8-15(18)7-16(9-17)20-10-12-2-3-14-11-19-5-4-13(14)6-12/h2-9,11,20H,10H2,1H3. The zero-order valence-corrected chi connectivity index (χ0v) is 13.2. The first-order valence-electron chi connectivity index (χ1n) is 6.66. The highest BCUT2D eigenvalue weighted by Gasteiger charge is 2.01. The number of hydrogen-bond acceptors (Lipinski definition) is 3. The molecule has 0 unspecified atom stereocenters. The Morgan fingerprint density at radius 1 is 1.10 bits per heavy atom. The Morgan fingerprint density at radius 2 is 2.00 bits per heavy atom. The number of halogens is 1. The summed E-state index contributed by atoms with van der Waals surface area (Å²) in [5.74, 6) is 0.830. The normalized spacial score (nSPS) is 10.6. The molecule has 0 fully saturated rings. The molecule has 21 heavy (non-hydrogen) atoms. The van der Waals surface area contributed by atoms with Crippen molar-refractivity contribution in [2.24, 2.45) is 0 Å². The van der Waals surface area contributed by atoms with E-state index in [0.29, 0.717) is 0 Å². The molecule has 0 saturated carbocycles. The van der Waals surface area contributed by atoms with Crippen molar-refractivity contribution >= 4 is 32.4 Å². The van der Waals surface area contributed by atoms with E-state index in [2.05, 4.69) is 44.4 Å². The molecule has 0 saturated heterocycles. The van der Waals surface area contributed by atoms with Crippen LogP contribution in [0.2, 0.25) is 0 Å². The molecule has 3 rings (SSSR count). The SMILES string of the molecule is COc1cc(Br)cc(NCc2ccc3cnccc3c2)c1. The van der Waals surface area contributed by atoms with Crippen LogP contribution in [0.25, 0.3) is 10.8 Å². The lowest BCUT2D eigenvalue weighted by Crippen LogP contribution is -1.99.